The third-order valence-electron chi connectivity index (χ3n) is 4.53. The normalized spacial score (nSPS) is 15.4. The number of nitrogens with zero attached hydrogens (tertiary/aromatic N) is 2. The molecule has 0 atom stereocenters. The number of hydrogen-bond donors (Lipinski definition) is 1. The van der Waals surface area contributed by atoms with Crippen LogP contribution in [0.1, 0.15) is 35.7 Å². The molecule has 2 aromatic rings. The lowest BCUT2D eigenvalue weighted by atomic mass is 9.99. The fraction of sp³-hybridized carbons (Fsp3) is 0.368. The standard InChI is InChI=1S/C19H22ClN3O/c1-13-5-7-23(8-6-13)19(24)15-9-17(12-21-11-15)22-18-10-16(20)4-3-14(18)2/h3-4,9-13,22H,5-8H2,1-2H3. The molecule has 1 aliphatic rings. The van der Waals surface area contributed by atoms with E-state index >= 15 is 0 Å². The van der Waals surface area contributed by atoms with Crippen LogP contribution < -0.4 is 5.32 Å². The first-order chi connectivity index (χ1) is 11.5. The molecule has 0 unspecified atom stereocenters. The lowest BCUT2D eigenvalue weighted by Gasteiger charge is -2.30. The number of likely N-dealkylation sites (tertiary alicyclic amines) is 1. The molecule has 1 aromatic heterocycles. The zero-order valence-corrected chi connectivity index (χ0v) is 14.8. The van der Waals surface area contributed by atoms with Gasteiger partial charge in [0.2, 0.25) is 0 Å². The highest BCUT2D eigenvalue weighted by Crippen LogP contribution is 2.25. The Labute approximate surface area is 147 Å². The van der Waals surface area contributed by atoms with E-state index in [-0.39, 0.29) is 5.91 Å². The minimum Gasteiger partial charge on any atom is -0.354 e. The van der Waals surface area contributed by atoms with E-state index in [0.29, 0.717) is 16.5 Å². The van der Waals surface area contributed by atoms with E-state index in [2.05, 4.69) is 17.2 Å². The molecule has 3 rings (SSSR count). The summed E-state index contributed by atoms with van der Waals surface area (Å²) in [6, 6.07) is 7.55. The highest BCUT2D eigenvalue weighted by Gasteiger charge is 2.21. The number of aromatic nitrogens is 1. The van der Waals surface area contributed by atoms with Crippen LogP contribution in [0, 0.1) is 12.8 Å². The number of benzene rings is 1. The van der Waals surface area contributed by atoms with Crippen LogP contribution in [0.5, 0.6) is 0 Å². The van der Waals surface area contributed by atoms with E-state index in [4.69, 9.17) is 11.6 Å². The highest BCUT2D eigenvalue weighted by molar-refractivity contribution is 6.30. The number of rotatable bonds is 3. The number of anilines is 2. The number of hydrogen-bond acceptors (Lipinski definition) is 3. The number of carbonyl (C=O) groups is 1. The predicted molar refractivity (Wildman–Crippen MR) is 98.0 cm³/mol. The second-order valence-electron chi connectivity index (χ2n) is 6.52. The zero-order chi connectivity index (χ0) is 17.1. The average molecular weight is 344 g/mol. The van der Waals surface area contributed by atoms with E-state index in [9.17, 15) is 4.79 Å². The highest BCUT2D eigenvalue weighted by atomic mass is 35.5. The van der Waals surface area contributed by atoms with Crippen molar-refractivity contribution in [3.63, 3.8) is 0 Å². The van der Waals surface area contributed by atoms with Gasteiger partial charge in [0, 0.05) is 30.0 Å². The van der Waals surface area contributed by atoms with Crippen LogP contribution in [-0.4, -0.2) is 28.9 Å². The van der Waals surface area contributed by atoms with Crippen molar-refractivity contribution >= 4 is 28.9 Å². The van der Waals surface area contributed by atoms with Gasteiger partial charge in [-0.05, 0) is 49.4 Å². The number of amides is 1. The van der Waals surface area contributed by atoms with Crippen molar-refractivity contribution in [2.24, 2.45) is 5.92 Å². The SMILES string of the molecule is Cc1ccc(Cl)cc1Nc1cncc(C(=O)N2CCC(C)CC2)c1. The monoisotopic (exact) mass is 343 g/mol. The van der Waals surface area contributed by atoms with Crippen molar-refractivity contribution in [1.29, 1.82) is 0 Å². The molecule has 1 saturated heterocycles. The quantitative estimate of drug-likeness (QED) is 0.881. The van der Waals surface area contributed by atoms with Gasteiger partial charge in [0.25, 0.3) is 5.91 Å². The topological polar surface area (TPSA) is 45.2 Å². The molecular formula is C19H22ClN3O. The van der Waals surface area contributed by atoms with E-state index in [1.807, 2.05) is 36.1 Å². The zero-order valence-electron chi connectivity index (χ0n) is 14.1. The number of halogens is 1. The Morgan fingerprint density at radius 2 is 2.00 bits per heavy atom. The molecule has 4 nitrogen and oxygen atoms in total. The maximum absolute atomic E-state index is 12.7. The van der Waals surface area contributed by atoms with Gasteiger partial charge in [0.15, 0.2) is 0 Å². The predicted octanol–water partition coefficient (Wildman–Crippen LogP) is 4.66. The van der Waals surface area contributed by atoms with E-state index < -0.39 is 0 Å². The van der Waals surface area contributed by atoms with Crippen molar-refractivity contribution < 1.29 is 4.79 Å². The Kier molecular flexibility index (Phi) is 5.05. The van der Waals surface area contributed by atoms with Crippen molar-refractivity contribution in [3.8, 4) is 0 Å². The first-order valence-corrected chi connectivity index (χ1v) is 8.68. The van der Waals surface area contributed by atoms with Crippen LogP contribution in [0.25, 0.3) is 0 Å². The molecule has 0 spiro atoms. The van der Waals surface area contributed by atoms with Gasteiger partial charge in [-0.1, -0.05) is 24.6 Å². The number of pyridine rings is 1. The van der Waals surface area contributed by atoms with Gasteiger partial charge >= 0.3 is 0 Å². The Balaban J connectivity index is 1.76. The number of piperidine rings is 1. The van der Waals surface area contributed by atoms with Crippen molar-refractivity contribution in [2.75, 3.05) is 18.4 Å². The van der Waals surface area contributed by atoms with Crippen LogP contribution in [0.3, 0.4) is 0 Å². The summed E-state index contributed by atoms with van der Waals surface area (Å²) in [6.07, 6.45) is 5.49. The van der Waals surface area contributed by atoms with Crippen LogP contribution in [0.15, 0.2) is 36.7 Å². The van der Waals surface area contributed by atoms with Gasteiger partial charge in [-0.25, -0.2) is 0 Å². The summed E-state index contributed by atoms with van der Waals surface area (Å²) in [6.45, 7) is 5.90. The first-order valence-electron chi connectivity index (χ1n) is 8.30. The Morgan fingerprint density at radius 1 is 1.25 bits per heavy atom. The molecular weight excluding hydrogens is 322 g/mol. The molecule has 2 heterocycles. The molecule has 1 aromatic carbocycles. The molecule has 0 saturated carbocycles. The fourth-order valence-electron chi connectivity index (χ4n) is 2.90. The summed E-state index contributed by atoms with van der Waals surface area (Å²) < 4.78 is 0. The molecule has 24 heavy (non-hydrogen) atoms. The summed E-state index contributed by atoms with van der Waals surface area (Å²) in [7, 11) is 0. The first kappa shape index (κ1) is 16.8. The minimum atomic E-state index is 0.0564. The lowest BCUT2D eigenvalue weighted by Crippen LogP contribution is -2.37. The van der Waals surface area contributed by atoms with Gasteiger partial charge in [-0.2, -0.15) is 0 Å². The molecule has 1 N–H and O–H groups in total. The van der Waals surface area contributed by atoms with Gasteiger partial charge < -0.3 is 10.2 Å². The number of nitrogens with one attached hydrogen (secondary N) is 1. The molecule has 0 bridgehead atoms. The Hall–Kier alpha value is -2.07. The van der Waals surface area contributed by atoms with Crippen molar-refractivity contribution in [1.82, 2.24) is 9.88 Å². The third kappa shape index (κ3) is 3.88. The summed E-state index contributed by atoms with van der Waals surface area (Å²) in [5.74, 6) is 0.756. The van der Waals surface area contributed by atoms with Gasteiger partial charge in [0.1, 0.15) is 0 Å². The second kappa shape index (κ2) is 7.22. The van der Waals surface area contributed by atoms with Gasteiger partial charge in [-0.15, -0.1) is 0 Å². The molecule has 0 radical (unpaired) electrons. The summed E-state index contributed by atoms with van der Waals surface area (Å²) in [4.78, 5) is 18.8. The fourth-order valence-corrected chi connectivity index (χ4v) is 3.08. The van der Waals surface area contributed by atoms with Crippen LogP contribution in [0.4, 0.5) is 11.4 Å². The van der Waals surface area contributed by atoms with Crippen molar-refractivity contribution in [2.45, 2.75) is 26.7 Å². The van der Waals surface area contributed by atoms with E-state index in [0.717, 1.165) is 42.9 Å². The van der Waals surface area contributed by atoms with Gasteiger partial charge in [0.05, 0.1) is 17.4 Å². The Morgan fingerprint density at radius 3 is 2.75 bits per heavy atom. The maximum atomic E-state index is 12.7. The number of carbonyl (C=O) groups excluding carboxylic acids is 1. The summed E-state index contributed by atoms with van der Waals surface area (Å²) in [5.41, 5.74) is 3.41. The second-order valence-corrected chi connectivity index (χ2v) is 6.96. The summed E-state index contributed by atoms with van der Waals surface area (Å²) in [5, 5.41) is 3.97. The largest absolute Gasteiger partial charge is 0.354 e. The van der Waals surface area contributed by atoms with E-state index in [1.165, 1.54) is 0 Å². The maximum Gasteiger partial charge on any atom is 0.255 e. The third-order valence-corrected chi connectivity index (χ3v) is 4.77. The molecule has 1 aliphatic heterocycles. The minimum absolute atomic E-state index is 0.0564. The Bertz CT molecular complexity index is 739. The molecule has 1 fully saturated rings. The molecule has 0 aliphatic carbocycles. The van der Waals surface area contributed by atoms with Crippen LogP contribution in [-0.2, 0) is 0 Å². The van der Waals surface area contributed by atoms with Crippen molar-refractivity contribution in [3.05, 3.63) is 52.8 Å². The average Bonchev–Trinajstić information content (AvgIpc) is 2.58. The summed E-state index contributed by atoms with van der Waals surface area (Å²) >= 11 is 6.06. The van der Waals surface area contributed by atoms with Gasteiger partial charge in [-0.3, -0.25) is 9.78 Å². The van der Waals surface area contributed by atoms with Crippen LogP contribution in [0.2, 0.25) is 5.02 Å². The van der Waals surface area contributed by atoms with Crippen LogP contribution >= 0.6 is 11.6 Å². The lowest BCUT2D eigenvalue weighted by molar-refractivity contribution is 0.0697. The smallest absolute Gasteiger partial charge is 0.255 e. The molecule has 5 heteroatoms. The van der Waals surface area contributed by atoms with E-state index in [1.54, 1.807) is 12.4 Å². The number of aryl methyl sites for hydroxylation is 1. The molecule has 1 amide bonds. The molecule has 126 valence electrons.